The number of likely N-dealkylation sites (tertiary alicyclic amines) is 1. The molecule has 1 aliphatic rings. The molecule has 6 nitrogen and oxygen atoms in total. The van der Waals surface area contributed by atoms with Crippen molar-refractivity contribution in [3.63, 3.8) is 0 Å². The largest absolute Gasteiger partial charge is 0.396 e. The molecule has 2 atom stereocenters. The lowest BCUT2D eigenvalue weighted by Gasteiger charge is -2.45. The summed E-state index contributed by atoms with van der Waals surface area (Å²) in [7, 11) is 0. The lowest BCUT2D eigenvalue weighted by Crippen LogP contribution is -2.55. The first-order valence-electron chi connectivity index (χ1n) is 8.00. The van der Waals surface area contributed by atoms with Crippen LogP contribution in [0.3, 0.4) is 0 Å². The minimum absolute atomic E-state index is 0.0356. The molecule has 0 bridgehead atoms. The average molecular weight is 309 g/mol. The van der Waals surface area contributed by atoms with Crippen molar-refractivity contribution in [2.24, 2.45) is 5.41 Å². The Labute approximate surface area is 131 Å². The molecule has 6 heteroatoms. The van der Waals surface area contributed by atoms with E-state index in [1.54, 1.807) is 4.90 Å². The molecule has 0 unspecified atom stereocenters. The summed E-state index contributed by atoms with van der Waals surface area (Å²) in [6.07, 6.45) is 1.89. The highest BCUT2D eigenvalue weighted by Gasteiger charge is 2.42. The third-order valence-electron chi connectivity index (χ3n) is 4.91. The number of nitrogens with zero attached hydrogens (tertiary/aromatic N) is 2. The highest BCUT2D eigenvalue weighted by Crippen LogP contribution is 2.35. The Bertz CT molecular complexity index is 509. The molecule has 1 saturated heterocycles. The van der Waals surface area contributed by atoms with Gasteiger partial charge in [-0.25, -0.2) is 0 Å². The van der Waals surface area contributed by atoms with Gasteiger partial charge in [-0.2, -0.15) is 5.10 Å². The molecule has 3 N–H and O–H groups in total. The molecule has 1 aromatic rings. The molecule has 22 heavy (non-hydrogen) atoms. The topological polar surface area (TPSA) is 89.5 Å². The molecule has 1 amide bonds. The number of carbonyl (C=O) groups is 1. The van der Waals surface area contributed by atoms with E-state index in [0.717, 1.165) is 29.8 Å². The van der Waals surface area contributed by atoms with Crippen molar-refractivity contribution in [1.29, 1.82) is 0 Å². The van der Waals surface area contributed by atoms with E-state index in [0.29, 0.717) is 25.9 Å². The second-order valence-corrected chi connectivity index (χ2v) is 6.48. The predicted octanol–water partition coefficient (Wildman–Crippen LogP) is 0.941. The second kappa shape index (κ2) is 6.79. The molecule has 0 aromatic carbocycles. The zero-order valence-corrected chi connectivity index (χ0v) is 13.7. The van der Waals surface area contributed by atoms with Gasteiger partial charge in [0.1, 0.15) is 0 Å². The van der Waals surface area contributed by atoms with Crippen molar-refractivity contribution >= 4 is 5.91 Å². The van der Waals surface area contributed by atoms with Crippen LogP contribution < -0.4 is 0 Å². The fourth-order valence-corrected chi connectivity index (χ4v) is 3.44. The van der Waals surface area contributed by atoms with Crippen molar-refractivity contribution in [3.8, 4) is 0 Å². The molecule has 0 aliphatic carbocycles. The van der Waals surface area contributed by atoms with Gasteiger partial charge in [0.25, 0.3) is 0 Å². The first kappa shape index (κ1) is 17.0. The van der Waals surface area contributed by atoms with Gasteiger partial charge in [-0.15, -0.1) is 0 Å². The summed E-state index contributed by atoms with van der Waals surface area (Å²) in [6.45, 7) is 6.71. The van der Waals surface area contributed by atoms with Crippen LogP contribution in [-0.4, -0.2) is 57.0 Å². The van der Waals surface area contributed by atoms with E-state index in [2.05, 4.69) is 10.2 Å². The Hall–Kier alpha value is -1.40. The van der Waals surface area contributed by atoms with E-state index in [9.17, 15) is 15.0 Å². The van der Waals surface area contributed by atoms with Crippen LogP contribution >= 0.6 is 0 Å². The minimum atomic E-state index is -0.580. The van der Waals surface area contributed by atoms with Gasteiger partial charge in [-0.05, 0) is 26.7 Å². The number of aryl methyl sites for hydroxylation is 2. The maximum atomic E-state index is 12.6. The van der Waals surface area contributed by atoms with Crippen molar-refractivity contribution in [2.45, 2.75) is 52.6 Å². The Balaban J connectivity index is 2.10. The zero-order valence-electron chi connectivity index (χ0n) is 13.7. The van der Waals surface area contributed by atoms with Gasteiger partial charge >= 0.3 is 0 Å². The van der Waals surface area contributed by atoms with E-state index >= 15 is 0 Å². The number of aliphatic hydroxyl groups is 2. The van der Waals surface area contributed by atoms with Gasteiger partial charge in [0.2, 0.25) is 5.91 Å². The third kappa shape index (κ3) is 3.17. The molecule has 2 rings (SSSR count). The minimum Gasteiger partial charge on any atom is -0.396 e. The van der Waals surface area contributed by atoms with Crippen molar-refractivity contribution in [2.75, 3.05) is 19.7 Å². The van der Waals surface area contributed by atoms with Crippen molar-refractivity contribution in [3.05, 3.63) is 17.0 Å². The molecule has 1 aliphatic heterocycles. The molecule has 2 heterocycles. The van der Waals surface area contributed by atoms with Crippen LogP contribution in [0, 0.1) is 19.3 Å². The Morgan fingerprint density at radius 2 is 2.23 bits per heavy atom. The lowest BCUT2D eigenvalue weighted by molar-refractivity contribution is -0.141. The quantitative estimate of drug-likeness (QED) is 0.755. The first-order valence-corrected chi connectivity index (χ1v) is 8.00. The monoisotopic (exact) mass is 309 g/mol. The van der Waals surface area contributed by atoms with E-state index in [4.69, 9.17) is 0 Å². The number of hydrogen-bond donors (Lipinski definition) is 3. The standard InChI is InChI=1S/C16H27N3O3/c1-4-6-16(10-20)9-19(7-5-14(16)21)15(22)8-13-11(2)17-18-12(13)3/h14,20-21H,4-10H2,1-3H3,(H,17,18)/t14-,16-/m0/s1. The maximum Gasteiger partial charge on any atom is 0.227 e. The molecule has 124 valence electrons. The fraction of sp³-hybridized carbons (Fsp3) is 0.750. The Morgan fingerprint density at radius 3 is 2.77 bits per heavy atom. The summed E-state index contributed by atoms with van der Waals surface area (Å²) in [6, 6.07) is 0. The van der Waals surface area contributed by atoms with Gasteiger partial charge in [0, 0.05) is 29.8 Å². The number of aromatic nitrogens is 2. The number of amides is 1. The third-order valence-corrected chi connectivity index (χ3v) is 4.91. The van der Waals surface area contributed by atoms with Gasteiger partial charge < -0.3 is 15.1 Å². The van der Waals surface area contributed by atoms with E-state index in [1.807, 2.05) is 20.8 Å². The number of hydrogen-bond acceptors (Lipinski definition) is 4. The number of aliphatic hydroxyl groups excluding tert-OH is 2. The zero-order chi connectivity index (χ0) is 16.3. The van der Waals surface area contributed by atoms with Gasteiger partial charge in [-0.1, -0.05) is 13.3 Å². The van der Waals surface area contributed by atoms with Gasteiger partial charge in [-0.3, -0.25) is 9.89 Å². The van der Waals surface area contributed by atoms with E-state index in [1.165, 1.54) is 0 Å². The Kier molecular flexibility index (Phi) is 5.24. The number of aromatic amines is 1. The summed E-state index contributed by atoms with van der Waals surface area (Å²) in [5.74, 6) is 0.0356. The summed E-state index contributed by atoms with van der Waals surface area (Å²) in [5, 5.41) is 27.1. The van der Waals surface area contributed by atoms with Crippen LogP contribution in [0.4, 0.5) is 0 Å². The smallest absolute Gasteiger partial charge is 0.227 e. The average Bonchev–Trinajstić information content (AvgIpc) is 2.81. The highest BCUT2D eigenvalue weighted by molar-refractivity contribution is 5.79. The summed E-state index contributed by atoms with van der Waals surface area (Å²) in [5.41, 5.74) is 2.14. The maximum absolute atomic E-state index is 12.6. The van der Waals surface area contributed by atoms with E-state index < -0.39 is 11.5 Å². The first-order chi connectivity index (χ1) is 10.4. The molecule has 0 spiro atoms. The normalized spacial score (nSPS) is 25.5. The Morgan fingerprint density at radius 1 is 1.50 bits per heavy atom. The molecular formula is C16H27N3O3. The summed E-state index contributed by atoms with van der Waals surface area (Å²) in [4.78, 5) is 14.4. The number of nitrogens with one attached hydrogen (secondary N) is 1. The van der Waals surface area contributed by atoms with Crippen LogP contribution in [0.25, 0.3) is 0 Å². The van der Waals surface area contributed by atoms with Crippen LogP contribution in [0.1, 0.15) is 43.1 Å². The van der Waals surface area contributed by atoms with Crippen LogP contribution in [0.2, 0.25) is 0 Å². The molecule has 1 fully saturated rings. The molecule has 0 saturated carbocycles. The SMILES string of the molecule is CCC[C@@]1(CO)CN(C(=O)Cc2c(C)n[nH]c2C)CC[C@@H]1O. The van der Waals surface area contributed by atoms with Gasteiger partial charge in [0.05, 0.1) is 24.8 Å². The molecule has 1 aromatic heterocycles. The van der Waals surface area contributed by atoms with Crippen LogP contribution in [0.15, 0.2) is 0 Å². The van der Waals surface area contributed by atoms with Crippen LogP contribution in [0.5, 0.6) is 0 Å². The van der Waals surface area contributed by atoms with Gasteiger partial charge in [0.15, 0.2) is 0 Å². The predicted molar refractivity (Wildman–Crippen MR) is 83.4 cm³/mol. The molecule has 0 radical (unpaired) electrons. The fourth-order valence-electron chi connectivity index (χ4n) is 3.44. The lowest BCUT2D eigenvalue weighted by atomic mass is 9.74. The summed E-state index contributed by atoms with van der Waals surface area (Å²) < 4.78 is 0. The number of rotatable bonds is 5. The number of carbonyl (C=O) groups excluding carboxylic acids is 1. The second-order valence-electron chi connectivity index (χ2n) is 6.48. The highest BCUT2D eigenvalue weighted by atomic mass is 16.3. The van der Waals surface area contributed by atoms with Crippen molar-refractivity contribution < 1.29 is 15.0 Å². The number of piperidine rings is 1. The summed E-state index contributed by atoms with van der Waals surface area (Å²) >= 11 is 0. The van der Waals surface area contributed by atoms with Crippen molar-refractivity contribution in [1.82, 2.24) is 15.1 Å². The van der Waals surface area contributed by atoms with E-state index in [-0.39, 0.29) is 12.5 Å². The molecular weight excluding hydrogens is 282 g/mol. The van der Waals surface area contributed by atoms with Crippen LogP contribution in [-0.2, 0) is 11.2 Å². The number of H-pyrrole nitrogens is 1.